The molecule has 2 rings (SSSR count). The zero-order valence-corrected chi connectivity index (χ0v) is 9.00. The van der Waals surface area contributed by atoms with Gasteiger partial charge in [-0.05, 0) is 31.2 Å². The van der Waals surface area contributed by atoms with E-state index in [0.29, 0.717) is 17.3 Å². The Balaban J connectivity index is 2.25. The number of imide groups is 1. The largest absolute Gasteiger partial charge is 0.494 e. The number of esters is 1. The van der Waals surface area contributed by atoms with Crippen molar-refractivity contribution in [3.63, 3.8) is 0 Å². The normalized spacial score (nSPS) is 15.1. The fourth-order valence-electron chi connectivity index (χ4n) is 1.42. The second-order valence-electron chi connectivity index (χ2n) is 3.22. The lowest BCUT2D eigenvalue weighted by atomic mass is 10.3. The van der Waals surface area contributed by atoms with Gasteiger partial charge >= 0.3 is 18.0 Å². The number of ether oxygens (including phenoxy) is 2. The zero-order chi connectivity index (χ0) is 12.4. The SMILES string of the molecule is CCOc1ccc(N2C(=O)OC(=O)C2=O)cc1. The Labute approximate surface area is 96.7 Å². The fourth-order valence-corrected chi connectivity index (χ4v) is 1.42. The van der Waals surface area contributed by atoms with Crippen LogP contribution in [0.5, 0.6) is 5.75 Å². The van der Waals surface area contributed by atoms with E-state index < -0.39 is 18.0 Å². The second-order valence-corrected chi connectivity index (χ2v) is 3.22. The number of hydrogen-bond acceptors (Lipinski definition) is 5. The van der Waals surface area contributed by atoms with E-state index in [-0.39, 0.29) is 5.69 Å². The quantitative estimate of drug-likeness (QED) is 0.445. The molecule has 0 unspecified atom stereocenters. The number of benzene rings is 1. The lowest BCUT2D eigenvalue weighted by Gasteiger charge is -2.10. The molecule has 0 radical (unpaired) electrons. The molecule has 0 atom stereocenters. The van der Waals surface area contributed by atoms with Crippen LogP contribution >= 0.6 is 0 Å². The Morgan fingerprint density at radius 1 is 1.18 bits per heavy atom. The van der Waals surface area contributed by atoms with Gasteiger partial charge in [0, 0.05) is 0 Å². The lowest BCUT2D eigenvalue weighted by Crippen LogP contribution is -2.29. The van der Waals surface area contributed by atoms with Gasteiger partial charge in [-0.3, -0.25) is 4.79 Å². The molecular formula is C11H9NO5. The zero-order valence-electron chi connectivity index (χ0n) is 9.00. The van der Waals surface area contributed by atoms with Crippen LogP contribution in [0.2, 0.25) is 0 Å². The van der Waals surface area contributed by atoms with Gasteiger partial charge in [-0.15, -0.1) is 0 Å². The summed E-state index contributed by atoms with van der Waals surface area (Å²) >= 11 is 0. The van der Waals surface area contributed by atoms with Crippen LogP contribution in [0, 0.1) is 0 Å². The molecule has 2 amide bonds. The molecule has 1 aromatic rings. The Morgan fingerprint density at radius 3 is 2.29 bits per heavy atom. The number of anilines is 1. The second kappa shape index (κ2) is 4.25. The molecule has 1 aliphatic rings. The molecule has 6 nitrogen and oxygen atoms in total. The standard InChI is InChI=1S/C11H9NO5/c1-2-16-8-5-3-7(4-6-8)12-9(13)10(14)17-11(12)15/h3-6H,2H2,1H3. The lowest BCUT2D eigenvalue weighted by molar-refractivity contribution is -0.144. The first-order valence-electron chi connectivity index (χ1n) is 4.96. The van der Waals surface area contributed by atoms with Crippen molar-refractivity contribution in [2.75, 3.05) is 11.5 Å². The van der Waals surface area contributed by atoms with Gasteiger partial charge in [-0.1, -0.05) is 0 Å². The first kappa shape index (κ1) is 11.1. The average molecular weight is 235 g/mol. The van der Waals surface area contributed by atoms with Crippen molar-refractivity contribution in [2.45, 2.75) is 6.92 Å². The van der Waals surface area contributed by atoms with Crippen LogP contribution in [0.3, 0.4) is 0 Å². The maximum atomic E-state index is 11.3. The monoisotopic (exact) mass is 235 g/mol. The molecule has 6 heteroatoms. The van der Waals surface area contributed by atoms with Crippen molar-refractivity contribution in [3.05, 3.63) is 24.3 Å². The predicted molar refractivity (Wildman–Crippen MR) is 56.6 cm³/mol. The van der Waals surface area contributed by atoms with E-state index >= 15 is 0 Å². The van der Waals surface area contributed by atoms with Crippen LogP contribution < -0.4 is 9.64 Å². The number of carbonyl (C=O) groups is 3. The Bertz CT molecular complexity index is 479. The summed E-state index contributed by atoms with van der Waals surface area (Å²) in [7, 11) is 0. The molecular weight excluding hydrogens is 226 g/mol. The molecule has 0 spiro atoms. The third-order valence-corrected chi connectivity index (χ3v) is 2.15. The molecule has 1 heterocycles. The van der Waals surface area contributed by atoms with Gasteiger partial charge in [0.15, 0.2) is 0 Å². The van der Waals surface area contributed by atoms with Crippen molar-refractivity contribution in [2.24, 2.45) is 0 Å². The smallest absolute Gasteiger partial charge is 0.429 e. The number of carbonyl (C=O) groups excluding carboxylic acids is 3. The van der Waals surface area contributed by atoms with Crippen molar-refractivity contribution in [1.82, 2.24) is 0 Å². The minimum absolute atomic E-state index is 0.273. The van der Waals surface area contributed by atoms with Crippen LogP contribution in [-0.2, 0) is 14.3 Å². The van der Waals surface area contributed by atoms with Crippen molar-refractivity contribution >= 4 is 23.7 Å². The number of cyclic esters (lactones) is 2. The average Bonchev–Trinajstić information content (AvgIpc) is 2.55. The molecule has 1 saturated heterocycles. The fraction of sp³-hybridized carbons (Fsp3) is 0.182. The van der Waals surface area contributed by atoms with Gasteiger partial charge < -0.3 is 9.47 Å². The highest BCUT2D eigenvalue weighted by Crippen LogP contribution is 2.23. The van der Waals surface area contributed by atoms with Gasteiger partial charge in [0.25, 0.3) is 0 Å². The number of hydrogen-bond donors (Lipinski definition) is 0. The van der Waals surface area contributed by atoms with Crippen LogP contribution in [-0.4, -0.2) is 24.6 Å². The molecule has 88 valence electrons. The number of rotatable bonds is 3. The Kier molecular flexibility index (Phi) is 2.78. The first-order chi connectivity index (χ1) is 8.13. The topological polar surface area (TPSA) is 72.9 Å². The summed E-state index contributed by atoms with van der Waals surface area (Å²) in [5.74, 6) is -1.54. The van der Waals surface area contributed by atoms with Crippen LogP contribution in [0.1, 0.15) is 6.92 Å². The van der Waals surface area contributed by atoms with E-state index in [0.717, 1.165) is 0 Å². The summed E-state index contributed by atoms with van der Waals surface area (Å²) in [6, 6.07) is 6.20. The van der Waals surface area contributed by atoms with E-state index in [1.807, 2.05) is 6.92 Å². The van der Waals surface area contributed by atoms with Crippen molar-refractivity contribution in [3.8, 4) is 5.75 Å². The van der Waals surface area contributed by atoms with Crippen LogP contribution in [0.25, 0.3) is 0 Å². The number of nitrogens with zero attached hydrogens (tertiary/aromatic N) is 1. The molecule has 17 heavy (non-hydrogen) atoms. The molecule has 1 fully saturated rings. The van der Waals surface area contributed by atoms with Gasteiger partial charge in [0.2, 0.25) is 0 Å². The summed E-state index contributed by atoms with van der Waals surface area (Å²) < 4.78 is 9.40. The van der Waals surface area contributed by atoms with Gasteiger partial charge in [0.05, 0.1) is 12.3 Å². The van der Waals surface area contributed by atoms with Crippen LogP contribution in [0.15, 0.2) is 24.3 Å². The molecule has 1 aliphatic heterocycles. The maximum Gasteiger partial charge on any atom is 0.429 e. The highest BCUT2D eigenvalue weighted by molar-refractivity contribution is 6.49. The molecule has 0 aliphatic carbocycles. The minimum Gasteiger partial charge on any atom is -0.494 e. The molecule has 0 bridgehead atoms. The molecule has 0 N–H and O–H groups in total. The predicted octanol–water partition coefficient (Wildman–Crippen LogP) is 1.10. The van der Waals surface area contributed by atoms with Crippen molar-refractivity contribution < 1.29 is 23.9 Å². The van der Waals surface area contributed by atoms with Gasteiger partial charge in [-0.25, -0.2) is 14.5 Å². The van der Waals surface area contributed by atoms with E-state index in [2.05, 4.69) is 4.74 Å². The highest BCUT2D eigenvalue weighted by atomic mass is 16.6. The summed E-state index contributed by atoms with van der Waals surface area (Å²) in [5, 5.41) is 0. The highest BCUT2D eigenvalue weighted by Gasteiger charge is 2.40. The Morgan fingerprint density at radius 2 is 1.82 bits per heavy atom. The van der Waals surface area contributed by atoms with Gasteiger partial charge in [-0.2, -0.15) is 0 Å². The van der Waals surface area contributed by atoms with E-state index in [4.69, 9.17) is 4.74 Å². The summed E-state index contributed by atoms with van der Waals surface area (Å²) in [6.07, 6.45) is -0.982. The summed E-state index contributed by atoms with van der Waals surface area (Å²) in [5.41, 5.74) is 0.273. The summed E-state index contributed by atoms with van der Waals surface area (Å²) in [4.78, 5) is 34.1. The molecule has 0 aromatic heterocycles. The van der Waals surface area contributed by atoms with Crippen LogP contribution in [0.4, 0.5) is 10.5 Å². The van der Waals surface area contributed by atoms with Gasteiger partial charge in [0.1, 0.15) is 5.75 Å². The van der Waals surface area contributed by atoms with E-state index in [9.17, 15) is 14.4 Å². The number of amides is 2. The third-order valence-electron chi connectivity index (χ3n) is 2.15. The molecule has 0 saturated carbocycles. The van der Waals surface area contributed by atoms with E-state index in [1.54, 1.807) is 12.1 Å². The summed E-state index contributed by atoms with van der Waals surface area (Å²) in [6.45, 7) is 2.36. The maximum absolute atomic E-state index is 11.3. The minimum atomic E-state index is -1.16. The third kappa shape index (κ3) is 1.96. The van der Waals surface area contributed by atoms with Crippen molar-refractivity contribution in [1.29, 1.82) is 0 Å². The van der Waals surface area contributed by atoms with E-state index in [1.165, 1.54) is 12.1 Å². The first-order valence-corrected chi connectivity index (χ1v) is 4.96. The molecule has 1 aromatic carbocycles. The Hall–Kier alpha value is -2.37.